The summed E-state index contributed by atoms with van der Waals surface area (Å²) in [5.41, 5.74) is 4.44. The standard InChI is InChI=1S/C34H32BClN6O5/c1-20-40-41-34-29(39-33(23-6-9-26(36)10-7-23)28-17-27(47-2)11-12-30(28)42(20)34)18-31(43)38-19-32(44)37-14-13-21-3-4-22-5-8-25(35(45)46)16-24(22)15-21/h3-12,15-17,29,45-46H,13-14,18-19H2,1-2H3,(H,37,44)(H,38,43)/t29-/m0/s1. The van der Waals surface area contributed by atoms with E-state index < -0.39 is 13.2 Å². The number of aliphatic imine (C=N–C) groups is 1. The molecule has 4 aromatic carbocycles. The van der Waals surface area contributed by atoms with Gasteiger partial charge in [-0.25, -0.2) is 0 Å². The molecule has 0 saturated carbocycles. The van der Waals surface area contributed by atoms with Crippen molar-refractivity contribution in [2.45, 2.75) is 25.8 Å². The monoisotopic (exact) mass is 650 g/mol. The molecule has 0 aliphatic carbocycles. The van der Waals surface area contributed by atoms with E-state index in [1.54, 1.807) is 31.4 Å². The number of carbonyl (C=O) groups excluding carboxylic acids is 2. The third-order valence-corrected chi connectivity index (χ3v) is 8.29. The second kappa shape index (κ2) is 13.8. The minimum absolute atomic E-state index is 0.0603. The summed E-state index contributed by atoms with van der Waals surface area (Å²) in [6, 6.07) is 23.4. The number of nitrogens with one attached hydrogen (secondary N) is 2. The van der Waals surface area contributed by atoms with Crippen LogP contribution < -0.4 is 20.8 Å². The Bertz CT molecular complexity index is 2000. The Morgan fingerprint density at radius 3 is 2.49 bits per heavy atom. The molecule has 11 nitrogen and oxygen atoms in total. The van der Waals surface area contributed by atoms with Gasteiger partial charge < -0.3 is 25.4 Å². The number of halogens is 1. The van der Waals surface area contributed by atoms with Gasteiger partial charge in [-0.2, -0.15) is 0 Å². The summed E-state index contributed by atoms with van der Waals surface area (Å²) in [5.74, 6) is 1.11. The van der Waals surface area contributed by atoms with E-state index in [2.05, 4.69) is 20.8 Å². The van der Waals surface area contributed by atoms with Gasteiger partial charge in [0.15, 0.2) is 5.82 Å². The lowest BCUT2D eigenvalue weighted by Gasteiger charge is -2.14. The lowest BCUT2D eigenvalue weighted by atomic mass is 9.79. The van der Waals surface area contributed by atoms with Crippen molar-refractivity contribution in [1.29, 1.82) is 0 Å². The molecule has 0 fully saturated rings. The van der Waals surface area contributed by atoms with Crippen LogP contribution in [-0.2, 0) is 16.0 Å². The highest BCUT2D eigenvalue weighted by Crippen LogP contribution is 2.34. The van der Waals surface area contributed by atoms with E-state index in [0.29, 0.717) is 46.6 Å². The minimum atomic E-state index is -1.54. The molecule has 0 spiro atoms. The van der Waals surface area contributed by atoms with Crippen molar-refractivity contribution in [3.8, 4) is 11.4 Å². The minimum Gasteiger partial charge on any atom is -0.497 e. The van der Waals surface area contributed by atoms with E-state index >= 15 is 0 Å². The molecular weight excluding hydrogens is 619 g/mol. The fourth-order valence-electron chi connectivity index (χ4n) is 5.64. The number of carbonyl (C=O) groups is 2. The fraction of sp³-hybridized carbons (Fsp3) is 0.206. The molecule has 4 N–H and O–H groups in total. The van der Waals surface area contributed by atoms with Crippen LogP contribution in [0.2, 0.25) is 5.02 Å². The van der Waals surface area contributed by atoms with Gasteiger partial charge in [0.1, 0.15) is 17.6 Å². The van der Waals surface area contributed by atoms with Gasteiger partial charge in [-0.1, -0.05) is 60.1 Å². The molecule has 1 aliphatic rings. The molecule has 2 amide bonds. The Kier molecular flexibility index (Phi) is 9.35. The van der Waals surface area contributed by atoms with Crippen molar-refractivity contribution in [3.63, 3.8) is 0 Å². The van der Waals surface area contributed by atoms with Crippen molar-refractivity contribution in [1.82, 2.24) is 25.4 Å². The van der Waals surface area contributed by atoms with Gasteiger partial charge in [0.25, 0.3) is 0 Å². The van der Waals surface area contributed by atoms with Gasteiger partial charge in [0.2, 0.25) is 11.8 Å². The van der Waals surface area contributed by atoms with E-state index in [0.717, 1.165) is 33.2 Å². The van der Waals surface area contributed by atoms with Crippen molar-refractivity contribution >= 4 is 52.5 Å². The zero-order chi connectivity index (χ0) is 33.1. The van der Waals surface area contributed by atoms with Crippen LogP contribution in [0, 0.1) is 6.92 Å². The average molecular weight is 651 g/mol. The first-order valence-electron chi connectivity index (χ1n) is 15.1. The van der Waals surface area contributed by atoms with Crippen LogP contribution in [0.3, 0.4) is 0 Å². The summed E-state index contributed by atoms with van der Waals surface area (Å²) in [5, 5.41) is 35.6. The number of hydrogen-bond acceptors (Lipinski definition) is 8. The van der Waals surface area contributed by atoms with Crippen LogP contribution >= 0.6 is 11.6 Å². The fourth-order valence-corrected chi connectivity index (χ4v) is 5.77. The molecule has 0 radical (unpaired) electrons. The van der Waals surface area contributed by atoms with E-state index in [1.807, 2.05) is 66.1 Å². The SMILES string of the molecule is COc1ccc2c(c1)C(c1ccc(Cl)cc1)=N[C@@H](CC(=O)NCC(=O)NCCc1ccc3ccc(B(O)O)cc3c1)c1nnc(C)n1-2. The number of methoxy groups -OCH3 is 1. The Balaban J connectivity index is 1.14. The zero-order valence-electron chi connectivity index (χ0n) is 25.8. The van der Waals surface area contributed by atoms with E-state index in [1.165, 1.54) is 0 Å². The van der Waals surface area contributed by atoms with Crippen LogP contribution in [0.5, 0.6) is 5.75 Å². The largest absolute Gasteiger partial charge is 0.497 e. The zero-order valence-corrected chi connectivity index (χ0v) is 26.5. The van der Waals surface area contributed by atoms with Gasteiger partial charge >= 0.3 is 7.12 Å². The third kappa shape index (κ3) is 7.04. The van der Waals surface area contributed by atoms with Crippen molar-refractivity contribution in [3.05, 3.63) is 112 Å². The Morgan fingerprint density at radius 1 is 0.936 bits per heavy atom. The predicted octanol–water partition coefficient (Wildman–Crippen LogP) is 2.83. The molecule has 238 valence electrons. The Morgan fingerprint density at radius 2 is 1.72 bits per heavy atom. The van der Waals surface area contributed by atoms with Crippen LogP contribution in [0.15, 0.2) is 83.9 Å². The molecule has 2 heterocycles. The number of benzene rings is 4. The summed E-state index contributed by atoms with van der Waals surface area (Å²) >= 11 is 6.18. The maximum Gasteiger partial charge on any atom is 0.488 e. The number of fused-ring (bicyclic) bond motifs is 4. The molecule has 0 bridgehead atoms. The predicted molar refractivity (Wildman–Crippen MR) is 181 cm³/mol. The summed E-state index contributed by atoms with van der Waals surface area (Å²) in [6.07, 6.45) is 0.501. The van der Waals surface area contributed by atoms with Crippen molar-refractivity contribution < 1.29 is 24.4 Å². The normalized spacial score (nSPS) is 13.6. The molecule has 5 aromatic rings. The average Bonchev–Trinajstić information content (AvgIpc) is 3.40. The number of aryl methyl sites for hydroxylation is 1. The molecule has 1 aromatic heterocycles. The number of ether oxygens (including phenoxy) is 1. The molecule has 1 atom stereocenters. The maximum atomic E-state index is 13.2. The second-order valence-electron chi connectivity index (χ2n) is 11.2. The Hall–Kier alpha value is -5.04. The van der Waals surface area contributed by atoms with Crippen LogP contribution in [0.4, 0.5) is 0 Å². The van der Waals surface area contributed by atoms with Gasteiger partial charge in [0.05, 0.1) is 31.5 Å². The highest BCUT2D eigenvalue weighted by atomic mass is 35.5. The number of amides is 2. The Labute approximate surface area is 276 Å². The van der Waals surface area contributed by atoms with Crippen LogP contribution in [-0.4, -0.2) is 69.7 Å². The molecular formula is C34H32BClN6O5. The number of rotatable bonds is 10. The number of nitrogens with zero attached hydrogens (tertiary/aromatic N) is 4. The molecule has 0 unspecified atom stereocenters. The molecule has 1 aliphatic heterocycles. The number of hydrogen-bond donors (Lipinski definition) is 4. The van der Waals surface area contributed by atoms with Crippen LogP contribution in [0.1, 0.15) is 40.8 Å². The first kappa shape index (κ1) is 31.9. The lowest BCUT2D eigenvalue weighted by Crippen LogP contribution is -2.38. The summed E-state index contributed by atoms with van der Waals surface area (Å²) in [7, 11) is 0.0565. The number of aromatic nitrogens is 3. The summed E-state index contributed by atoms with van der Waals surface area (Å²) in [6.45, 7) is 2.01. The summed E-state index contributed by atoms with van der Waals surface area (Å²) < 4.78 is 7.41. The lowest BCUT2D eigenvalue weighted by molar-refractivity contribution is -0.126. The first-order valence-corrected chi connectivity index (χ1v) is 15.4. The van der Waals surface area contributed by atoms with Crippen LogP contribution in [0.25, 0.3) is 16.5 Å². The highest BCUT2D eigenvalue weighted by Gasteiger charge is 2.30. The van der Waals surface area contributed by atoms with Crippen molar-refractivity contribution in [2.75, 3.05) is 20.2 Å². The van der Waals surface area contributed by atoms with E-state index in [-0.39, 0.29) is 24.8 Å². The topological polar surface area (TPSA) is 151 Å². The van der Waals surface area contributed by atoms with E-state index in [4.69, 9.17) is 21.3 Å². The maximum absolute atomic E-state index is 13.2. The third-order valence-electron chi connectivity index (χ3n) is 8.04. The highest BCUT2D eigenvalue weighted by molar-refractivity contribution is 6.58. The van der Waals surface area contributed by atoms with Gasteiger partial charge in [-0.05, 0) is 65.5 Å². The van der Waals surface area contributed by atoms with Gasteiger partial charge in [-0.3, -0.25) is 19.1 Å². The molecule has 0 saturated heterocycles. The summed E-state index contributed by atoms with van der Waals surface area (Å²) in [4.78, 5) is 30.9. The van der Waals surface area contributed by atoms with E-state index in [9.17, 15) is 19.6 Å². The molecule has 47 heavy (non-hydrogen) atoms. The van der Waals surface area contributed by atoms with Gasteiger partial charge in [0, 0.05) is 22.7 Å². The second-order valence-corrected chi connectivity index (χ2v) is 11.7. The first-order chi connectivity index (χ1) is 22.7. The van der Waals surface area contributed by atoms with Gasteiger partial charge in [-0.15, -0.1) is 10.2 Å². The smallest absolute Gasteiger partial charge is 0.488 e. The van der Waals surface area contributed by atoms with Crippen molar-refractivity contribution in [2.24, 2.45) is 4.99 Å². The molecule has 13 heteroatoms. The quantitative estimate of drug-likeness (QED) is 0.170. The molecule has 6 rings (SSSR count).